The molecule has 250 valence electrons. The zero-order valence-corrected chi connectivity index (χ0v) is 29.8. The minimum Gasteiger partial charge on any atom is -0.354 e. The first-order valence-corrected chi connectivity index (χ1v) is 17.9. The van der Waals surface area contributed by atoms with E-state index in [1.807, 2.05) is 0 Å². The number of hydrogen-bond donors (Lipinski definition) is 2. The molecule has 2 aliphatic rings. The van der Waals surface area contributed by atoms with Gasteiger partial charge in [-0.05, 0) is 96.5 Å². The Morgan fingerprint density at radius 3 is 0.712 bits per heavy atom. The number of nitrogens with one attached hydrogen (secondary N) is 2. The molecule has 0 radical (unpaired) electrons. The maximum absolute atomic E-state index is 5.58. The van der Waals surface area contributed by atoms with Gasteiger partial charge in [-0.15, -0.1) is 0 Å². The number of allylic oxidation sites excluding steroid dienone is 4. The fourth-order valence-corrected chi connectivity index (χ4v) is 7.71. The van der Waals surface area contributed by atoms with Crippen molar-refractivity contribution in [2.24, 2.45) is 0 Å². The number of fused-ring (bicyclic) bond motifs is 8. The average Bonchev–Trinajstić information content (AvgIpc) is 3.98. The summed E-state index contributed by atoms with van der Waals surface area (Å²) in [6.45, 7) is 8.81. The van der Waals surface area contributed by atoms with Crippen molar-refractivity contribution in [2.45, 2.75) is 27.7 Å². The molecule has 0 spiro atoms. The molecule has 4 aromatic carbocycles. The molecule has 0 unspecified atom stereocenters. The molecular weight excluding hydrogens is 633 g/mol. The lowest BCUT2D eigenvalue weighted by Crippen LogP contribution is -1.91. The highest BCUT2D eigenvalue weighted by Crippen LogP contribution is 2.44. The van der Waals surface area contributed by atoms with Crippen LogP contribution in [-0.2, 0) is 0 Å². The summed E-state index contributed by atoms with van der Waals surface area (Å²) in [6.07, 6.45) is 0. The second-order valence-electron chi connectivity index (χ2n) is 13.7. The number of aromatic nitrogens is 4. The number of hydrogen-bond acceptors (Lipinski definition) is 2. The number of benzene rings is 4. The predicted molar refractivity (Wildman–Crippen MR) is 219 cm³/mol. The Hall–Kier alpha value is -6.52. The van der Waals surface area contributed by atoms with Crippen molar-refractivity contribution < 1.29 is 0 Å². The Bertz CT molecular complexity index is 2360. The number of rotatable bonds is 4. The van der Waals surface area contributed by atoms with E-state index in [4.69, 9.17) is 9.97 Å². The highest BCUT2D eigenvalue weighted by molar-refractivity contribution is 6.06. The third-order valence-electron chi connectivity index (χ3n) is 10.6. The zero-order chi connectivity index (χ0) is 35.3. The molecule has 9 rings (SSSR count). The SMILES string of the molecule is CC1=C(C)c2nc1c(-c1ccccc1)c1ccc([nH]1)c(-c1ccccc1)c1nc(c(-c3ccccc3)c3ccc([nH]3)c2-c2ccccc2)C(C)=C1C. The van der Waals surface area contributed by atoms with E-state index in [9.17, 15) is 0 Å². The third-order valence-corrected chi connectivity index (χ3v) is 10.6. The molecule has 0 atom stereocenters. The van der Waals surface area contributed by atoms with Crippen LogP contribution in [0.3, 0.4) is 0 Å². The average molecular weight is 671 g/mol. The summed E-state index contributed by atoms with van der Waals surface area (Å²) >= 11 is 0. The van der Waals surface area contributed by atoms with Crippen molar-refractivity contribution >= 4 is 44.4 Å². The maximum atomic E-state index is 5.58. The van der Waals surface area contributed by atoms with Gasteiger partial charge in [-0.25, -0.2) is 9.97 Å². The van der Waals surface area contributed by atoms with Crippen molar-refractivity contribution in [3.8, 4) is 44.5 Å². The van der Waals surface area contributed by atoms with E-state index in [0.29, 0.717) is 0 Å². The van der Waals surface area contributed by atoms with Crippen LogP contribution < -0.4 is 0 Å². The first kappa shape index (κ1) is 31.5. The highest BCUT2D eigenvalue weighted by atomic mass is 14.8. The van der Waals surface area contributed by atoms with Crippen molar-refractivity contribution in [3.63, 3.8) is 0 Å². The highest BCUT2D eigenvalue weighted by Gasteiger charge is 2.25. The van der Waals surface area contributed by atoms with Crippen molar-refractivity contribution in [1.82, 2.24) is 19.9 Å². The molecular formula is C48H38N4. The predicted octanol–water partition coefficient (Wildman–Crippen LogP) is 12.9. The standard InChI is InChI=1S/C48H38N4/c1-29-30(2)46-42(34-19-11-6-12-20-34)38-27-28-40(50-38)44(36-23-15-8-16-24-36)48-32(4)31(3)47(52-48)43(35-21-13-7-14-22-35)39-26-25-37(49-39)41(45(29)51-46)33-17-9-5-10-18-33/h5-28,49-50H,1-4H3. The Morgan fingerprint density at radius 1 is 0.288 bits per heavy atom. The smallest absolute Gasteiger partial charge is 0.0769 e. The van der Waals surface area contributed by atoms with Crippen LogP contribution in [0.25, 0.3) is 88.9 Å². The van der Waals surface area contributed by atoms with Gasteiger partial charge in [0.05, 0.1) is 22.8 Å². The van der Waals surface area contributed by atoms with E-state index in [1.165, 1.54) is 0 Å². The number of nitrogens with zero attached hydrogens (tertiary/aromatic N) is 2. The maximum Gasteiger partial charge on any atom is 0.0769 e. The molecule has 7 aromatic rings. The number of aromatic amines is 2. The molecule has 5 heterocycles. The number of H-pyrrole nitrogens is 2. The summed E-state index contributed by atoms with van der Waals surface area (Å²) in [5.41, 5.74) is 21.3. The van der Waals surface area contributed by atoms with Crippen molar-refractivity contribution in [3.05, 3.63) is 168 Å². The molecule has 2 aliphatic heterocycles. The summed E-state index contributed by atoms with van der Waals surface area (Å²) in [6, 6.07) is 51.3. The second kappa shape index (κ2) is 12.7. The molecule has 3 aromatic heterocycles. The molecule has 0 amide bonds. The Morgan fingerprint density at radius 2 is 0.500 bits per heavy atom. The quantitative estimate of drug-likeness (QED) is 0.196. The van der Waals surface area contributed by atoms with E-state index < -0.39 is 0 Å². The van der Waals surface area contributed by atoms with Crippen molar-refractivity contribution in [2.75, 3.05) is 0 Å². The van der Waals surface area contributed by atoms with Crippen molar-refractivity contribution in [1.29, 1.82) is 0 Å². The van der Waals surface area contributed by atoms with Crippen LogP contribution in [0.1, 0.15) is 50.5 Å². The van der Waals surface area contributed by atoms with Crippen LogP contribution in [0.2, 0.25) is 0 Å². The van der Waals surface area contributed by atoms with E-state index in [1.54, 1.807) is 0 Å². The van der Waals surface area contributed by atoms with Crippen LogP contribution in [0.4, 0.5) is 0 Å². The fourth-order valence-electron chi connectivity index (χ4n) is 7.71. The minimum absolute atomic E-state index is 0.970. The molecule has 0 aliphatic carbocycles. The molecule has 4 nitrogen and oxygen atoms in total. The molecule has 0 fully saturated rings. The zero-order valence-electron chi connectivity index (χ0n) is 29.8. The summed E-state index contributed by atoms with van der Waals surface area (Å²) in [7, 11) is 0. The van der Waals surface area contributed by atoms with Gasteiger partial charge in [0, 0.05) is 44.3 Å². The van der Waals surface area contributed by atoms with E-state index in [0.717, 1.165) is 112 Å². The van der Waals surface area contributed by atoms with Gasteiger partial charge in [-0.3, -0.25) is 0 Å². The summed E-state index contributed by atoms with van der Waals surface area (Å²) in [5, 5.41) is 0. The molecule has 8 bridgehead atoms. The minimum atomic E-state index is 0.970. The van der Waals surface area contributed by atoms with Crippen LogP contribution in [0.15, 0.2) is 146 Å². The third kappa shape index (κ3) is 5.15. The van der Waals surface area contributed by atoms with E-state index in [-0.39, 0.29) is 0 Å². The monoisotopic (exact) mass is 670 g/mol. The fraction of sp³-hybridized carbons (Fsp3) is 0.0833. The Labute approximate surface area is 303 Å². The van der Waals surface area contributed by atoms with Gasteiger partial charge in [0.2, 0.25) is 0 Å². The van der Waals surface area contributed by atoms with Gasteiger partial charge in [0.25, 0.3) is 0 Å². The van der Waals surface area contributed by atoms with Gasteiger partial charge >= 0.3 is 0 Å². The Kier molecular flexibility index (Phi) is 7.66. The van der Waals surface area contributed by atoms with Crippen LogP contribution >= 0.6 is 0 Å². The normalized spacial score (nSPS) is 12.8. The molecule has 0 saturated carbocycles. The first-order chi connectivity index (χ1) is 25.5. The summed E-state index contributed by atoms with van der Waals surface area (Å²) in [5.74, 6) is 0. The van der Waals surface area contributed by atoms with Gasteiger partial charge in [0.15, 0.2) is 0 Å². The van der Waals surface area contributed by atoms with Gasteiger partial charge in [0.1, 0.15) is 0 Å². The molecule has 2 N–H and O–H groups in total. The molecule has 52 heavy (non-hydrogen) atoms. The lowest BCUT2D eigenvalue weighted by molar-refractivity contribution is 1.29. The van der Waals surface area contributed by atoms with E-state index in [2.05, 4.69) is 183 Å². The molecule has 0 saturated heterocycles. The van der Waals surface area contributed by atoms with Gasteiger partial charge in [-0.2, -0.15) is 0 Å². The lowest BCUT2D eigenvalue weighted by Gasteiger charge is -2.08. The summed E-state index contributed by atoms with van der Waals surface area (Å²) < 4.78 is 0. The lowest BCUT2D eigenvalue weighted by atomic mass is 9.97. The van der Waals surface area contributed by atoms with E-state index >= 15 is 0 Å². The van der Waals surface area contributed by atoms with Crippen LogP contribution in [0.5, 0.6) is 0 Å². The largest absolute Gasteiger partial charge is 0.354 e. The molecule has 4 heteroatoms. The van der Waals surface area contributed by atoms with Gasteiger partial charge < -0.3 is 9.97 Å². The first-order valence-electron chi connectivity index (χ1n) is 17.9. The van der Waals surface area contributed by atoms with Gasteiger partial charge in [-0.1, -0.05) is 121 Å². The topological polar surface area (TPSA) is 57.4 Å². The second-order valence-corrected chi connectivity index (χ2v) is 13.7. The van der Waals surface area contributed by atoms with Crippen LogP contribution in [-0.4, -0.2) is 19.9 Å². The van der Waals surface area contributed by atoms with Crippen LogP contribution in [0, 0.1) is 0 Å². The Balaban J connectivity index is 1.55. The summed E-state index contributed by atoms with van der Waals surface area (Å²) in [4.78, 5) is 18.9.